The molecule has 1 heterocycles. The van der Waals surface area contributed by atoms with Gasteiger partial charge in [-0.15, -0.1) is 0 Å². The van der Waals surface area contributed by atoms with Crippen molar-refractivity contribution in [2.45, 2.75) is 18.0 Å². The van der Waals surface area contributed by atoms with E-state index in [9.17, 15) is 19.5 Å². The van der Waals surface area contributed by atoms with Crippen LogP contribution in [0.2, 0.25) is 0 Å². The molecule has 1 atom stereocenters. The molecule has 0 saturated heterocycles. The molecule has 1 unspecified atom stereocenters. The molecule has 290 valence electrons. The molecule has 0 fully saturated rings. The quantitative estimate of drug-likeness (QED) is 0.0301. The summed E-state index contributed by atoms with van der Waals surface area (Å²) >= 11 is 0. The van der Waals surface area contributed by atoms with Crippen LogP contribution in [-0.2, 0) is 21.5 Å². The first kappa shape index (κ1) is 39.4. The van der Waals surface area contributed by atoms with Crippen LogP contribution in [0.4, 0.5) is 9.59 Å². The number of methoxy groups -OCH3 is 2. The largest absolute Gasteiger partial charge is 0.513 e. The van der Waals surface area contributed by atoms with Gasteiger partial charge in [0.15, 0.2) is 0 Å². The average Bonchev–Trinajstić information content (AvgIpc) is 3.71. The van der Waals surface area contributed by atoms with Gasteiger partial charge in [0.2, 0.25) is 5.91 Å². The number of aromatic nitrogens is 2. The highest BCUT2D eigenvalue weighted by Gasteiger charge is 2.40. The van der Waals surface area contributed by atoms with Gasteiger partial charge in [-0.3, -0.25) is 4.79 Å². The van der Waals surface area contributed by atoms with E-state index in [4.69, 9.17) is 18.9 Å². The summed E-state index contributed by atoms with van der Waals surface area (Å²) in [4.78, 5) is 42.5. The molecule has 0 spiro atoms. The number of hydrogen-bond acceptors (Lipinski definition) is 8. The first-order valence-corrected chi connectivity index (χ1v) is 18.1. The third kappa shape index (κ3) is 9.67. The maximum Gasteiger partial charge on any atom is 0.513 e. The Morgan fingerprint density at radius 1 is 0.737 bits per heavy atom. The molecular weight excluding hydrogens is 725 g/mol. The summed E-state index contributed by atoms with van der Waals surface area (Å²) in [5, 5.41) is 14.7. The van der Waals surface area contributed by atoms with Gasteiger partial charge >= 0.3 is 12.2 Å². The molecule has 0 aliphatic carbocycles. The van der Waals surface area contributed by atoms with Crippen molar-refractivity contribution in [3.8, 4) is 17.2 Å². The van der Waals surface area contributed by atoms with E-state index in [1.807, 2.05) is 126 Å². The first-order valence-electron chi connectivity index (χ1n) is 18.1. The molecular formula is C45H42N4O8. The lowest BCUT2D eigenvalue weighted by molar-refractivity contribution is -0.123. The van der Waals surface area contributed by atoms with Crippen molar-refractivity contribution >= 4 is 30.3 Å². The Morgan fingerprint density at radius 2 is 1.28 bits per heavy atom. The van der Waals surface area contributed by atoms with Crippen molar-refractivity contribution in [1.82, 2.24) is 20.2 Å². The molecule has 6 rings (SSSR count). The monoisotopic (exact) mass is 766 g/mol. The minimum atomic E-state index is -1.38. The summed E-state index contributed by atoms with van der Waals surface area (Å²) in [6.45, 7) is -0.316. The number of amides is 2. The zero-order valence-electron chi connectivity index (χ0n) is 31.4. The molecule has 5 aromatic carbocycles. The van der Waals surface area contributed by atoms with Crippen LogP contribution in [0.25, 0.3) is 12.2 Å². The van der Waals surface area contributed by atoms with Crippen molar-refractivity contribution in [2.24, 2.45) is 0 Å². The van der Waals surface area contributed by atoms with Gasteiger partial charge in [0, 0.05) is 24.9 Å². The normalized spacial score (nSPS) is 11.7. The van der Waals surface area contributed by atoms with E-state index in [1.54, 1.807) is 50.7 Å². The third-order valence-electron chi connectivity index (χ3n) is 9.20. The van der Waals surface area contributed by atoms with Crippen molar-refractivity contribution in [3.05, 3.63) is 179 Å². The highest BCUT2D eigenvalue weighted by atomic mass is 16.7. The van der Waals surface area contributed by atoms with Gasteiger partial charge in [0.1, 0.15) is 41.3 Å². The van der Waals surface area contributed by atoms with Crippen LogP contribution < -0.4 is 24.8 Å². The van der Waals surface area contributed by atoms with Crippen LogP contribution >= 0.6 is 0 Å². The number of imidazole rings is 1. The van der Waals surface area contributed by atoms with Gasteiger partial charge in [-0.1, -0.05) is 115 Å². The summed E-state index contributed by atoms with van der Waals surface area (Å²) in [5.41, 5.74) is 3.65. The van der Waals surface area contributed by atoms with Crippen molar-refractivity contribution < 1.29 is 38.4 Å². The highest BCUT2D eigenvalue weighted by Crippen LogP contribution is 2.41. The number of rotatable bonds is 16. The molecule has 0 bridgehead atoms. The van der Waals surface area contributed by atoms with E-state index in [2.05, 4.69) is 15.6 Å². The fourth-order valence-electron chi connectivity index (χ4n) is 6.61. The number of carboxylic acid groups (broad SMARTS) is 1. The van der Waals surface area contributed by atoms with E-state index in [0.29, 0.717) is 17.3 Å². The number of nitrogens with one attached hydrogen (secondary N) is 2. The average molecular weight is 767 g/mol. The van der Waals surface area contributed by atoms with Gasteiger partial charge in [-0.05, 0) is 52.1 Å². The minimum Gasteiger partial charge on any atom is -0.497 e. The zero-order valence-corrected chi connectivity index (χ0v) is 31.4. The van der Waals surface area contributed by atoms with Crippen LogP contribution in [0.15, 0.2) is 146 Å². The minimum absolute atomic E-state index is 0.0821. The Bertz CT molecular complexity index is 2160. The molecule has 6 aromatic rings. The molecule has 0 saturated carbocycles. The van der Waals surface area contributed by atoms with E-state index in [-0.39, 0.29) is 25.3 Å². The van der Waals surface area contributed by atoms with Crippen molar-refractivity contribution in [3.63, 3.8) is 0 Å². The van der Waals surface area contributed by atoms with Crippen LogP contribution in [0, 0.1) is 0 Å². The number of hydrogen-bond donors (Lipinski definition) is 3. The van der Waals surface area contributed by atoms with Crippen molar-refractivity contribution in [2.75, 3.05) is 27.4 Å². The Hall–Kier alpha value is -7.34. The Kier molecular flexibility index (Phi) is 13.0. The van der Waals surface area contributed by atoms with E-state index in [1.165, 1.54) is 0 Å². The molecule has 0 aliphatic rings. The molecule has 12 nitrogen and oxygen atoms in total. The SMILES string of the molecule is COc1cc(C=Cc2ccc(OC(=O)OCCNC(=O)C(Cc3nccn3C(c3ccccc3)(c3ccccc3)c3ccccc3)NC(=O)O)cc2)cc(OC)c1. The predicted molar refractivity (Wildman–Crippen MR) is 215 cm³/mol. The van der Waals surface area contributed by atoms with Gasteiger partial charge < -0.3 is 39.3 Å². The van der Waals surface area contributed by atoms with Gasteiger partial charge in [0.05, 0.1) is 20.8 Å². The Balaban J connectivity index is 1.10. The lowest BCUT2D eigenvalue weighted by atomic mass is 9.76. The maximum absolute atomic E-state index is 13.5. The van der Waals surface area contributed by atoms with Gasteiger partial charge in [0.25, 0.3) is 0 Å². The lowest BCUT2D eigenvalue weighted by Gasteiger charge is -2.39. The fourth-order valence-corrected chi connectivity index (χ4v) is 6.61. The van der Waals surface area contributed by atoms with E-state index in [0.717, 1.165) is 27.8 Å². The van der Waals surface area contributed by atoms with Crippen molar-refractivity contribution in [1.29, 1.82) is 0 Å². The Morgan fingerprint density at radius 3 is 1.81 bits per heavy atom. The van der Waals surface area contributed by atoms with Crippen LogP contribution in [0.5, 0.6) is 17.2 Å². The second-order valence-electron chi connectivity index (χ2n) is 12.8. The predicted octanol–water partition coefficient (Wildman–Crippen LogP) is 7.42. The molecule has 2 amide bonds. The standard InChI is InChI=1S/C45H42N4O8/c1-54-38-28-33(29-39(30-38)55-2)19-18-32-20-22-37(23-21-32)57-44(53)56-27-25-47-42(50)40(48-43(51)52)31-41-46-24-26-49(41)45(34-12-6-3-7-13-34,35-14-8-4-9-15-35)36-16-10-5-11-17-36/h3-24,26,28-30,40,48H,25,27,31H2,1-2H3,(H,47,50)(H,51,52). The van der Waals surface area contributed by atoms with Crippen LogP contribution in [-0.4, -0.2) is 66.2 Å². The molecule has 57 heavy (non-hydrogen) atoms. The molecule has 12 heteroatoms. The summed E-state index contributed by atoms with van der Waals surface area (Å²) < 4.78 is 23.1. The second-order valence-corrected chi connectivity index (χ2v) is 12.8. The lowest BCUT2D eigenvalue weighted by Crippen LogP contribution is -2.49. The number of carbonyl (C=O) groups excluding carboxylic acids is 2. The number of ether oxygens (including phenoxy) is 4. The van der Waals surface area contributed by atoms with E-state index < -0.39 is 29.7 Å². The fraction of sp³-hybridized carbons (Fsp3) is 0.156. The molecule has 0 radical (unpaired) electrons. The maximum atomic E-state index is 13.5. The molecule has 1 aromatic heterocycles. The summed E-state index contributed by atoms with van der Waals surface area (Å²) in [6, 6.07) is 40.9. The van der Waals surface area contributed by atoms with Gasteiger partial charge in [-0.25, -0.2) is 14.6 Å². The number of nitrogens with zero attached hydrogens (tertiary/aromatic N) is 2. The van der Waals surface area contributed by atoms with E-state index >= 15 is 0 Å². The number of carbonyl (C=O) groups is 3. The summed E-state index contributed by atoms with van der Waals surface area (Å²) in [7, 11) is 3.18. The highest BCUT2D eigenvalue weighted by molar-refractivity contribution is 5.85. The summed E-state index contributed by atoms with van der Waals surface area (Å²) in [6.07, 6.45) is 4.85. The first-order chi connectivity index (χ1) is 27.8. The molecule has 0 aliphatic heterocycles. The Labute approximate surface area is 330 Å². The second kappa shape index (κ2) is 18.8. The third-order valence-corrected chi connectivity index (χ3v) is 9.20. The molecule has 3 N–H and O–H groups in total. The number of benzene rings is 5. The smallest absolute Gasteiger partial charge is 0.497 e. The van der Waals surface area contributed by atoms with Crippen LogP contribution in [0.3, 0.4) is 0 Å². The van der Waals surface area contributed by atoms with Gasteiger partial charge in [-0.2, -0.15) is 0 Å². The summed E-state index contributed by atoms with van der Waals surface area (Å²) in [5.74, 6) is 1.45. The topological polar surface area (TPSA) is 150 Å². The zero-order chi connectivity index (χ0) is 40.0. The van der Waals surface area contributed by atoms with Crippen LogP contribution in [0.1, 0.15) is 33.6 Å².